The summed E-state index contributed by atoms with van der Waals surface area (Å²) in [6, 6.07) is 5.48. The molecule has 1 aromatic carbocycles. The standard InChI is InChI=1S/C16H19ClN2O2S/c1-4-21-11-5-6-12(13(17)7-11)16-19-14(9-22-16)15(20)18-8-10(2)3/h5-7,9-10H,4,8H2,1-3H3,(H,18,20). The number of rotatable bonds is 6. The molecule has 2 aromatic rings. The first-order valence-corrected chi connectivity index (χ1v) is 8.43. The number of carbonyl (C=O) groups excluding carboxylic acids is 1. The van der Waals surface area contributed by atoms with Crippen LogP contribution in [0.2, 0.25) is 5.02 Å². The Morgan fingerprint density at radius 1 is 1.45 bits per heavy atom. The Hall–Kier alpha value is -1.59. The second kappa shape index (κ2) is 7.61. The van der Waals surface area contributed by atoms with E-state index in [9.17, 15) is 4.79 Å². The zero-order chi connectivity index (χ0) is 16.1. The molecule has 0 atom stereocenters. The molecule has 22 heavy (non-hydrogen) atoms. The van der Waals surface area contributed by atoms with Crippen molar-refractivity contribution < 1.29 is 9.53 Å². The lowest BCUT2D eigenvalue weighted by Gasteiger charge is -2.06. The molecule has 0 unspecified atom stereocenters. The molecule has 0 aliphatic heterocycles. The highest BCUT2D eigenvalue weighted by Crippen LogP contribution is 2.33. The summed E-state index contributed by atoms with van der Waals surface area (Å²) in [7, 11) is 0. The van der Waals surface area contributed by atoms with Crippen molar-refractivity contribution in [3.8, 4) is 16.3 Å². The van der Waals surface area contributed by atoms with Crippen molar-refractivity contribution in [3.05, 3.63) is 34.3 Å². The average molecular weight is 339 g/mol. The Morgan fingerprint density at radius 2 is 2.23 bits per heavy atom. The van der Waals surface area contributed by atoms with Crippen LogP contribution in [0.15, 0.2) is 23.6 Å². The molecule has 1 aromatic heterocycles. The largest absolute Gasteiger partial charge is 0.494 e. The third-order valence-electron chi connectivity index (χ3n) is 2.89. The Kier molecular flexibility index (Phi) is 5.80. The van der Waals surface area contributed by atoms with Gasteiger partial charge in [-0.1, -0.05) is 25.4 Å². The van der Waals surface area contributed by atoms with E-state index in [1.165, 1.54) is 11.3 Å². The van der Waals surface area contributed by atoms with Crippen LogP contribution in [0.1, 0.15) is 31.3 Å². The van der Waals surface area contributed by atoms with E-state index in [4.69, 9.17) is 16.3 Å². The first-order valence-electron chi connectivity index (χ1n) is 7.17. The van der Waals surface area contributed by atoms with Crippen LogP contribution < -0.4 is 10.1 Å². The van der Waals surface area contributed by atoms with Crippen molar-refractivity contribution in [1.82, 2.24) is 10.3 Å². The normalized spacial score (nSPS) is 10.8. The minimum atomic E-state index is -0.154. The Balaban J connectivity index is 2.15. The van der Waals surface area contributed by atoms with Crippen LogP contribution >= 0.6 is 22.9 Å². The van der Waals surface area contributed by atoms with E-state index in [1.807, 2.05) is 32.9 Å². The van der Waals surface area contributed by atoms with E-state index in [-0.39, 0.29) is 5.91 Å². The van der Waals surface area contributed by atoms with Crippen LogP contribution in [0.4, 0.5) is 0 Å². The van der Waals surface area contributed by atoms with Gasteiger partial charge in [0.05, 0.1) is 11.6 Å². The Morgan fingerprint density at radius 3 is 2.86 bits per heavy atom. The van der Waals surface area contributed by atoms with Crippen molar-refractivity contribution >= 4 is 28.8 Å². The summed E-state index contributed by atoms with van der Waals surface area (Å²) in [5, 5.41) is 5.89. The molecule has 6 heteroatoms. The SMILES string of the molecule is CCOc1ccc(-c2nc(C(=O)NCC(C)C)cs2)c(Cl)c1. The molecule has 0 aliphatic rings. The predicted molar refractivity (Wildman–Crippen MR) is 90.9 cm³/mol. The molecule has 0 radical (unpaired) electrons. The number of benzene rings is 1. The van der Waals surface area contributed by atoms with Crippen LogP contribution in [-0.4, -0.2) is 24.0 Å². The van der Waals surface area contributed by atoms with E-state index >= 15 is 0 Å². The zero-order valence-electron chi connectivity index (χ0n) is 12.9. The third kappa shape index (κ3) is 4.21. The van der Waals surface area contributed by atoms with Gasteiger partial charge in [-0.05, 0) is 31.0 Å². The quantitative estimate of drug-likeness (QED) is 0.856. The second-order valence-electron chi connectivity index (χ2n) is 5.22. The minimum Gasteiger partial charge on any atom is -0.494 e. The molecule has 0 spiro atoms. The van der Waals surface area contributed by atoms with Crippen molar-refractivity contribution in [2.24, 2.45) is 5.92 Å². The third-order valence-corrected chi connectivity index (χ3v) is 4.08. The summed E-state index contributed by atoms with van der Waals surface area (Å²) in [6.45, 7) is 7.24. The number of halogens is 1. The summed E-state index contributed by atoms with van der Waals surface area (Å²) in [6.07, 6.45) is 0. The molecule has 118 valence electrons. The van der Waals surface area contributed by atoms with Crippen LogP contribution in [0.3, 0.4) is 0 Å². The van der Waals surface area contributed by atoms with Gasteiger partial charge in [-0.15, -0.1) is 11.3 Å². The van der Waals surface area contributed by atoms with Crippen LogP contribution in [-0.2, 0) is 0 Å². The van der Waals surface area contributed by atoms with Gasteiger partial charge in [0.2, 0.25) is 0 Å². The topological polar surface area (TPSA) is 51.2 Å². The maximum atomic E-state index is 12.0. The number of carbonyl (C=O) groups is 1. The fourth-order valence-corrected chi connectivity index (χ4v) is 2.97. The summed E-state index contributed by atoms with van der Waals surface area (Å²) in [5.74, 6) is 0.976. The van der Waals surface area contributed by atoms with Crippen molar-refractivity contribution in [3.63, 3.8) is 0 Å². The van der Waals surface area contributed by atoms with Gasteiger partial charge in [0.1, 0.15) is 16.5 Å². The molecule has 1 heterocycles. The monoisotopic (exact) mass is 338 g/mol. The molecule has 1 amide bonds. The first kappa shape index (κ1) is 16.8. The fourth-order valence-electron chi connectivity index (χ4n) is 1.81. The Bertz CT molecular complexity index is 655. The first-order chi connectivity index (χ1) is 10.5. The number of aromatic nitrogens is 1. The molecule has 0 aliphatic carbocycles. The summed E-state index contributed by atoms with van der Waals surface area (Å²) in [5.41, 5.74) is 1.23. The lowest BCUT2D eigenvalue weighted by molar-refractivity contribution is 0.0945. The summed E-state index contributed by atoms with van der Waals surface area (Å²) >= 11 is 7.68. The molecule has 0 bridgehead atoms. The molecule has 0 fully saturated rings. The van der Waals surface area contributed by atoms with Gasteiger partial charge in [0, 0.05) is 17.5 Å². The smallest absolute Gasteiger partial charge is 0.270 e. The molecule has 2 rings (SSSR count). The number of nitrogens with one attached hydrogen (secondary N) is 1. The number of hydrogen-bond acceptors (Lipinski definition) is 4. The zero-order valence-corrected chi connectivity index (χ0v) is 14.4. The van der Waals surface area contributed by atoms with Crippen LogP contribution in [0.5, 0.6) is 5.75 Å². The highest BCUT2D eigenvalue weighted by molar-refractivity contribution is 7.13. The van der Waals surface area contributed by atoms with Gasteiger partial charge in [-0.25, -0.2) is 4.98 Å². The Labute approximate surface area is 139 Å². The molecule has 1 N–H and O–H groups in total. The number of nitrogens with zero attached hydrogens (tertiary/aromatic N) is 1. The maximum absolute atomic E-state index is 12.0. The van der Waals surface area contributed by atoms with Crippen molar-refractivity contribution in [1.29, 1.82) is 0 Å². The molecule has 0 saturated heterocycles. The molecular weight excluding hydrogens is 320 g/mol. The van der Waals surface area contributed by atoms with Gasteiger partial charge in [0.15, 0.2) is 0 Å². The van der Waals surface area contributed by atoms with E-state index in [2.05, 4.69) is 10.3 Å². The second-order valence-corrected chi connectivity index (χ2v) is 6.48. The number of thiazole rings is 1. The van der Waals surface area contributed by atoms with Crippen molar-refractivity contribution in [2.45, 2.75) is 20.8 Å². The summed E-state index contributed by atoms with van der Waals surface area (Å²) in [4.78, 5) is 16.4. The molecular formula is C16H19ClN2O2S. The highest BCUT2D eigenvalue weighted by atomic mass is 35.5. The fraction of sp³-hybridized carbons (Fsp3) is 0.375. The maximum Gasteiger partial charge on any atom is 0.270 e. The lowest BCUT2D eigenvalue weighted by Crippen LogP contribution is -2.27. The van der Waals surface area contributed by atoms with Gasteiger partial charge in [-0.3, -0.25) is 4.79 Å². The lowest BCUT2D eigenvalue weighted by atomic mass is 10.2. The highest BCUT2D eigenvalue weighted by Gasteiger charge is 2.14. The van der Waals surface area contributed by atoms with Crippen LogP contribution in [0, 0.1) is 5.92 Å². The van der Waals surface area contributed by atoms with Gasteiger partial charge < -0.3 is 10.1 Å². The van der Waals surface area contributed by atoms with E-state index in [0.29, 0.717) is 29.8 Å². The van der Waals surface area contributed by atoms with Crippen molar-refractivity contribution in [2.75, 3.05) is 13.2 Å². The predicted octanol–water partition coefficient (Wildman–Crippen LogP) is 4.25. The molecule has 0 saturated carbocycles. The number of amides is 1. The van der Waals surface area contributed by atoms with E-state index in [1.54, 1.807) is 11.4 Å². The molecule has 4 nitrogen and oxygen atoms in total. The summed E-state index contributed by atoms with van der Waals surface area (Å²) < 4.78 is 5.41. The van der Waals surface area contributed by atoms with Gasteiger partial charge in [0.25, 0.3) is 5.91 Å². The number of hydrogen-bond donors (Lipinski definition) is 1. The van der Waals surface area contributed by atoms with Gasteiger partial charge in [-0.2, -0.15) is 0 Å². The van der Waals surface area contributed by atoms with Crippen LogP contribution in [0.25, 0.3) is 10.6 Å². The van der Waals surface area contributed by atoms with E-state index in [0.717, 1.165) is 16.3 Å². The van der Waals surface area contributed by atoms with E-state index < -0.39 is 0 Å². The number of ether oxygens (including phenoxy) is 1. The van der Waals surface area contributed by atoms with Gasteiger partial charge >= 0.3 is 0 Å². The average Bonchev–Trinajstić information content (AvgIpc) is 2.95. The minimum absolute atomic E-state index is 0.154.